The first-order valence-electron chi connectivity index (χ1n) is 5.27. The highest BCUT2D eigenvalue weighted by atomic mass is 32.1. The van der Waals surface area contributed by atoms with Gasteiger partial charge in [-0.15, -0.1) is 11.3 Å². The zero-order chi connectivity index (χ0) is 10.9. The Hall–Kier alpha value is -0.900. The van der Waals surface area contributed by atoms with Gasteiger partial charge >= 0.3 is 5.97 Å². The number of aromatic nitrogens is 1. The first-order valence-corrected chi connectivity index (χ1v) is 6.09. The first-order chi connectivity index (χ1) is 7.10. The lowest BCUT2D eigenvalue weighted by molar-refractivity contribution is -0.136. The second-order valence-corrected chi connectivity index (χ2v) is 5.55. The molecule has 0 unspecified atom stereocenters. The van der Waals surface area contributed by atoms with Gasteiger partial charge in [-0.25, -0.2) is 4.98 Å². The number of carboxylic acids is 1. The van der Waals surface area contributed by atoms with Gasteiger partial charge in [0, 0.05) is 16.5 Å². The second kappa shape index (κ2) is 3.93. The average molecular weight is 225 g/mol. The Labute approximate surface area is 93.2 Å². The van der Waals surface area contributed by atoms with Crippen molar-refractivity contribution in [3.8, 4) is 0 Å². The van der Waals surface area contributed by atoms with E-state index < -0.39 is 5.97 Å². The van der Waals surface area contributed by atoms with E-state index >= 15 is 0 Å². The zero-order valence-electron chi connectivity index (χ0n) is 8.82. The molecule has 1 heterocycles. The van der Waals surface area contributed by atoms with Gasteiger partial charge in [0.2, 0.25) is 0 Å². The molecule has 0 saturated heterocycles. The SMILES string of the molecule is CC1(c2ncc(CCC(=O)O)s2)CCC1. The summed E-state index contributed by atoms with van der Waals surface area (Å²) in [7, 11) is 0. The lowest BCUT2D eigenvalue weighted by Gasteiger charge is -2.36. The third-order valence-electron chi connectivity index (χ3n) is 3.11. The summed E-state index contributed by atoms with van der Waals surface area (Å²) in [5.41, 5.74) is 0.284. The Bertz CT molecular complexity index is 368. The molecule has 0 aliphatic heterocycles. The number of aliphatic carboxylic acids is 1. The molecule has 1 aromatic rings. The van der Waals surface area contributed by atoms with Crippen LogP contribution in [0.15, 0.2) is 6.20 Å². The normalized spacial score (nSPS) is 18.5. The highest BCUT2D eigenvalue weighted by molar-refractivity contribution is 7.11. The number of carbonyl (C=O) groups is 1. The van der Waals surface area contributed by atoms with E-state index in [-0.39, 0.29) is 11.8 Å². The summed E-state index contributed by atoms with van der Waals surface area (Å²) in [6, 6.07) is 0. The van der Waals surface area contributed by atoms with Crippen molar-refractivity contribution in [2.75, 3.05) is 0 Å². The molecule has 1 saturated carbocycles. The van der Waals surface area contributed by atoms with E-state index in [2.05, 4.69) is 11.9 Å². The van der Waals surface area contributed by atoms with E-state index in [1.165, 1.54) is 24.3 Å². The predicted molar refractivity (Wildman–Crippen MR) is 59.3 cm³/mol. The molecule has 3 nitrogen and oxygen atoms in total. The molecule has 4 heteroatoms. The van der Waals surface area contributed by atoms with Crippen LogP contribution >= 0.6 is 11.3 Å². The highest BCUT2D eigenvalue weighted by Gasteiger charge is 2.36. The summed E-state index contributed by atoms with van der Waals surface area (Å²) >= 11 is 1.68. The maximum atomic E-state index is 10.4. The van der Waals surface area contributed by atoms with Crippen LogP contribution in [0.1, 0.15) is 42.5 Å². The Morgan fingerprint density at radius 3 is 2.93 bits per heavy atom. The largest absolute Gasteiger partial charge is 0.481 e. The lowest BCUT2D eigenvalue weighted by atomic mass is 9.71. The molecule has 0 aromatic carbocycles. The van der Waals surface area contributed by atoms with Crippen molar-refractivity contribution in [2.45, 2.75) is 44.4 Å². The van der Waals surface area contributed by atoms with Gasteiger partial charge in [-0.05, 0) is 19.3 Å². The highest BCUT2D eigenvalue weighted by Crippen LogP contribution is 2.44. The van der Waals surface area contributed by atoms with Gasteiger partial charge in [0.05, 0.1) is 11.4 Å². The van der Waals surface area contributed by atoms with E-state index in [4.69, 9.17) is 5.11 Å². The van der Waals surface area contributed by atoms with Gasteiger partial charge in [-0.1, -0.05) is 13.3 Å². The van der Waals surface area contributed by atoms with Crippen LogP contribution in [0.3, 0.4) is 0 Å². The minimum Gasteiger partial charge on any atom is -0.481 e. The minimum atomic E-state index is -0.736. The number of aryl methyl sites for hydroxylation is 1. The van der Waals surface area contributed by atoms with Crippen molar-refractivity contribution in [2.24, 2.45) is 0 Å². The van der Waals surface area contributed by atoms with Gasteiger partial charge < -0.3 is 5.11 Å². The molecule has 1 N–H and O–H groups in total. The number of nitrogens with zero attached hydrogens (tertiary/aromatic N) is 1. The third kappa shape index (κ3) is 2.20. The molecule has 1 aliphatic rings. The molecule has 0 atom stereocenters. The van der Waals surface area contributed by atoms with Crippen LogP contribution in [0.2, 0.25) is 0 Å². The maximum Gasteiger partial charge on any atom is 0.303 e. The van der Waals surface area contributed by atoms with E-state index in [0.29, 0.717) is 6.42 Å². The smallest absolute Gasteiger partial charge is 0.303 e. The quantitative estimate of drug-likeness (QED) is 0.857. The molecule has 1 aromatic heterocycles. The third-order valence-corrected chi connectivity index (χ3v) is 4.48. The fourth-order valence-corrected chi connectivity index (χ4v) is 2.97. The van der Waals surface area contributed by atoms with Crippen molar-refractivity contribution in [3.63, 3.8) is 0 Å². The van der Waals surface area contributed by atoms with Crippen molar-refractivity contribution >= 4 is 17.3 Å². The lowest BCUT2D eigenvalue weighted by Crippen LogP contribution is -2.29. The van der Waals surface area contributed by atoms with Crippen molar-refractivity contribution in [3.05, 3.63) is 16.1 Å². The Morgan fingerprint density at radius 1 is 1.67 bits per heavy atom. The van der Waals surface area contributed by atoms with Crippen LogP contribution in [0.25, 0.3) is 0 Å². The van der Waals surface area contributed by atoms with Crippen molar-refractivity contribution in [1.29, 1.82) is 0 Å². The molecular weight excluding hydrogens is 210 g/mol. The molecule has 15 heavy (non-hydrogen) atoms. The Kier molecular flexibility index (Phi) is 2.78. The molecule has 0 spiro atoms. The molecule has 1 aliphatic carbocycles. The van der Waals surface area contributed by atoms with E-state index in [9.17, 15) is 4.79 Å². The Morgan fingerprint density at radius 2 is 2.40 bits per heavy atom. The van der Waals surface area contributed by atoms with Gasteiger partial charge in [-0.3, -0.25) is 4.79 Å². The van der Waals surface area contributed by atoms with E-state index in [0.717, 1.165) is 4.88 Å². The van der Waals surface area contributed by atoms with Crippen molar-refractivity contribution < 1.29 is 9.90 Å². The van der Waals surface area contributed by atoms with Gasteiger partial charge in [0.1, 0.15) is 0 Å². The summed E-state index contributed by atoms with van der Waals surface area (Å²) in [5, 5.41) is 9.77. The van der Waals surface area contributed by atoms with Crippen LogP contribution in [0.4, 0.5) is 0 Å². The number of carboxylic acid groups (broad SMARTS) is 1. The van der Waals surface area contributed by atoms with Gasteiger partial charge in [-0.2, -0.15) is 0 Å². The number of hydrogen-bond acceptors (Lipinski definition) is 3. The standard InChI is InChI=1S/C11H15NO2S/c1-11(5-2-6-11)10-12-7-8(15-10)3-4-9(13)14/h7H,2-6H2,1H3,(H,13,14). The number of hydrogen-bond donors (Lipinski definition) is 1. The molecule has 1 fully saturated rings. The summed E-state index contributed by atoms with van der Waals surface area (Å²) in [6.45, 7) is 2.25. The topological polar surface area (TPSA) is 50.2 Å². The summed E-state index contributed by atoms with van der Waals surface area (Å²) in [4.78, 5) is 15.9. The molecule has 0 amide bonds. The second-order valence-electron chi connectivity index (χ2n) is 4.44. The molecule has 0 bridgehead atoms. The molecular formula is C11H15NO2S. The summed E-state index contributed by atoms with van der Waals surface area (Å²) < 4.78 is 0. The van der Waals surface area contributed by atoms with Gasteiger partial charge in [0.15, 0.2) is 0 Å². The predicted octanol–water partition coefficient (Wildman–Crippen LogP) is 2.60. The van der Waals surface area contributed by atoms with Gasteiger partial charge in [0.25, 0.3) is 0 Å². The maximum absolute atomic E-state index is 10.4. The monoisotopic (exact) mass is 225 g/mol. The minimum absolute atomic E-state index is 0.207. The van der Waals surface area contributed by atoms with Crippen molar-refractivity contribution in [1.82, 2.24) is 4.98 Å². The first kappa shape index (κ1) is 10.6. The van der Waals surface area contributed by atoms with Crippen LogP contribution in [0.5, 0.6) is 0 Å². The number of thiazole rings is 1. The van der Waals surface area contributed by atoms with Crippen LogP contribution < -0.4 is 0 Å². The van der Waals surface area contributed by atoms with Crippen LogP contribution in [-0.4, -0.2) is 16.1 Å². The molecule has 82 valence electrons. The molecule has 2 rings (SSSR count). The van der Waals surface area contributed by atoms with E-state index in [1.807, 2.05) is 6.20 Å². The van der Waals surface area contributed by atoms with Crippen LogP contribution in [0, 0.1) is 0 Å². The molecule has 0 radical (unpaired) electrons. The number of rotatable bonds is 4. The van der Waals surface area contributed by atoms with E-state index in [1.54, 1.807) is 11.3 Å². The fourth-order valence-electron chi connectivity index (χ4n) is 1.85. The fraction of sp³-hybridized carbons (Fsp3) is 0.636. The summed E-state index contributed by atoms with van der Waals surface area (Å²) in [6.07, 6.45) is 6.40. The Balaban J connectivity index is 2.00. The average Bonchev–Trinajstić information content (AvgIpc) is 2.59. The van der Waals surface area contributed by atoms with Crippen LogP contribution in [-0.2, 0) is 16.6 Å². The zero-order valence-corrected chi connectivity index (χ0v) is 9.64. The summed E-state index contributed by atoms with van der Waals surface area (Å²) in [5.74, 6) is -0.736.